The van der Waals surface area contributed by atoms with E-state index < -0.39 is 38.2 Å². The second-order valence-electron chi connectivity index (χ2n) is 5.09. The zero-order chi connectivity index (χ0) is 19.5. The molecule has 0 N–H and O–H groups in total. The van der Waals surface area contributed by atoms with E-state index in [9.17, 15) is 31.7 Å². The van der Waals surface area contributed by atoms with E-state index in [1.165, 1.54) is 12.1 Å². The first-order valence-electron chi connectivity index (χ1n) is 6.91. The number of hydrogen-bond acceptors (Lipinski definition) is 6. The quantitative estimate of drug-likeness (QED) is 0.443. The van der Waals surface area contributed by atoms with Crippen molar-refractivity contribution < 1.29 is 30.8 Å². The van der Waals surface area contributed by atoms with Gasteiger partial charge in [0.15, 0.2) is 5.71 Å². The molecule has 0 spiro atoms. The molecule has 0 heterocycles. The summed E-state index contributed by atoms with van der Waals surface area (Å²) >= 11 is 0. The zero-order valence-electron chi connectivity index (χ0n) is 13.1. The molecule has 0 aliphatic heterocycles. The number of nitro benzene ring substituents is 1. The maximum atomic E-state index is 13.2. The fourth-order valence-electron chi connectivity index (χ4n) is 1.87. The van der Waals surface area contributed by atoms with Gasteiger partial charge in [-0.15, -0.1) is 0 Å². The predicted octanol–water partition coefficient (Wildman–Crippen LogP) is 3.58. The molecular formula is C15H11F3N2O5S. The van der Waals surface area contributed by atoms with Gasteiger partial charge in [-0.1, -0.05) is 35.0 Å². The van der Waals surface area contributed by atoms with Crippen LogP contribution in [0.1, 0.15) is 11.1 Å². The molecule has 0 aliphatic carbocycles. The Kier molecular flexibility index (Phi) is 5.30. The number of benzene rings is 2. The molecule has 2 aromatic carbocycles. The van der Waals surface area contributed by atoms with Crippen molar-refractivity contribution in [1.82, 2.24) is 0 Å². The Hall–Kier alpha value is -2.95. The molecule has 0 saturated heterocycles. The molecule has 0 aromatic heterocycles. The van der Waals surface area contributed by atoms with E-state index in [0.29, 0.717) is 6.07 Å². The molecule has 7 nitrogen and oxygen atoms in total. The summed E-state index contributed by atoms with van der Waals surface area (Å²) in [4.78, 5) is 9.44. The summed E-state index contributed by atoms with van der Waals surface area (Å²) in [5, 5.41) is 13.4. The molecule has 0 saturated carbocycles. The number of non-ortho nitro benzene ring substituents is 1. The molecule has 2 rings (SSSR count). The normalized spacial score (nSPS) is 12.7. The fraction of sp³-hybridized carbons (Fsp3) is 0.133. The molecule has 0 atom stereocenters. The maximum Gasteiger partial charge on any atom is 0.437 e. The summed E-state index contributed by atoms with van der Waals surface area (Å²) in [5.41, 5.74) is -2.29. The van der Waals surface area contributed by atoms with E-state index in [-0.39, 0.29) is 4.90 Å². The van der Waals surface area contributed by atoms with Gasteiger partial charge >= 0.3 is 16.3 Å². The highest BCUT2D eigenvalue weighted by atomic mass is 32.2. The van der Waals surface area contributed by atoms with Gasteiger partial charge < -0.3 is 0 Å². The van der Waals surface area contributed by atoms with Crippen molar-refractivity contribution in [2.24, 2.45) is 5.16 Å². The highest BCUT2D eigenvalue weighted by Crippen LogP contribution is 2.26. The van der Waals surface area contributed by atoms with Crippen LogP contribution in [-0.2, 0) is 14.4 Å². The van der Waals surface area contributed by atoms with E-state index in [1.54, 1.807) is 6.92 Å². The standard InChI is InChI=1S/C15H11F3N2O5S/c1-10-5-7-13(8-6-10)26(23,24)25-19-14(15(16,17)18)11-3-2-4-12(9-11)20(21)22/h2-9H,1H3. The number of nitrogens with zero attached hydrogens (tertiary/aromatic N) is 2. The summed E-state index contributed by atoms with van der Waals surface area (Å²) in [5.74, 6) is 0. The Balaban J connectivity index is 2.43. The molecular weight excluding hydrogens is 377 g/mol. The van der Waals surface area contributed by atoms with Gasteiger partial charge in [0, 0.05) is 17.7 Å². The van der Waals surface area contributed by atoms with E-state index in [0.717, 1.165) is 35.9 Å². The lowest BCUT2D eigenvalue weighted by Gasteiger charge is -2.10. The maximum absolute atomic E-state index is 13.2. The third kappa shape index (κ3) is 4.57. The van der Waals surface area contributed by atoms with Crippen molar-refractivity contribution in [2.75, 3.05) is 0 Å². The summed E-state index contributed by atoms with van der Waals surface area (Å²) in [6, 6.07) is 8.71. The van der Waals surface area contributed by atoms with E-state index in [1.807, 2.05) is 0 Å². The zero-order valence-corrected chi connectivity index (χ0v) is 13.9. The smallest absolute Gasteiger partial charge is 0.264 e. The van der Waals surface area contributed by atoms with Crippen molar-refractivity contribution in [2.45, 2.75) is 18.0 Å². The van der Waals surface area contributed by atoms with E-state index >= 15 is 0 Å². The summed E-state index contributed by atoms with van der Waals surface area (Å²) in [6.07, 6.45) is -5.10. The minimum absolute atomic E-state index is 0.382. The van der Waals surface area contributed by atoms with Crippen LogP contribution in [0.2, 0.25) is 0 Å². The molecule has 0 aliphatic rings. The Bertz CT molecular complexity index is 954. The highest BCUT2D eigenvalue weighted by Gasteiger charge is 2.39. The average molecular weight is 388 g/mol. The first-order valence-corrected chi connectivity index (χ1v) is 8.32. The van der Waals surface area contributed by atoms with Gasteiger partial charge in [-0.05, 0) is 19.1 Å². The van der Waals surface area contributed by atoms with Gasteiger partial charge in [0.1, 0.15) is 4.90 Å². The van der Waals surface area contributed by atoms with Crippen LogP contribution in [0.5, 0.6) is 0 Å². The van der Waals surface area contributed by atoms with E-state index in [4.69, 9.17) is 0 Å². The van der Waals surface area contributed by atoms with Crippen LogP contribution in [0.25, 0.3) is 0 Å². The first kappa shape index (κ1) is 19.4. The monoisotopic (exact) mass is 388 g/mol. The number of oxime groups is 1. The lowest BCUT2D eigenvalue weighted by Crippen LogP contribution is -2.25. The summed E-state index contributed by atoms with van der Waals surface area (Å²) in [6.45, 7) is 1.69. The number of nitro groups is 1. The predicted molar refractivity (Wildman–Crippen MR) is 85.1 cm³/mol. The fourth-order valence-corrected chi connectivity index (χ4v) is 2.60. The SMILES string of the molecule is Cc1ccc(S(=O)(=O)ON=C(c2cccc([N+](=O)[O-])c2)C(F)(F)F)cc1. The molecule has 138 valence electrons. The summed E-state index contributed by atoms with van der Waals surface area (Å²) in [7, 11) is -4.59. The Labute approximate surface area is 146 Å². The number of halogens is 3. The van der Waals surface area contributed by atoms with Crippen LogP contribution in [0.15, 0.2) is 58.6 Å². The van der Waals surface area contributed by atoms with Gasteiger partial charge in [-0.25, -0.2) is 0 Å². The molecule has 26 heavy (non-hydrogen) atoms. The van der Waals surface area contributed by atoms with Crippen LogP contribution < -0.4 is 0 Å². The van der Waals surface area contributed by atoms with Crippen molar-refractivity contribution in [1.29, 1.82) is 0 Å². The second-order valence-corrected chi connectivity index (χ2v) is 6.62. The van der Waals surface area contributed by atoms with Crippen LogP contribution >= 0.6 is 0 Å². The third-order valence-electron chi connectivity index (χ3n) is 3.14. The first-order chi connectivity index (χ1) is 12.0. The lowest BCUT2D eigenvalue weighted by molar-refractivity contribution is -0.384. The Morgan fingerprint density at radius 1 is 1.15 bits per heavy atom. The van der Waals surface area contributed by atoms with Gasteiger partial charge in [0.2, 0.25) is 0 Å². The topological polar surface area (TPSA) is 98.9 Å². The van der Waals surface area contributed by atoms with Crippen LogP contribution in [0, 0.1) is 17.0 Å². The van der Waals surface area contributed by atoms with Crippen molar-refractivity contribution in [3.05, 3.63) is 69.8 Å². The number of aryl methyl sites for hydroxylation is 1. The van der Waals surface area contributed by atoms with Crippen LogP contribution in [0.3, 0.4) is 0 Å². The minimum atomic E-state index is -5.10. The molecule has 0 unspecified atom stereocenters. The van der Waals surface area contributed by atoms with E-state index in [2.05, 4.69) is 9.44 Å². The van der Waals surface area contributed by atoms with Gasteiger partial charge in [-0.2, -0.15) is 21.6 Å². The molecule has 0 radical (unpaired) electrons. The number of alkyl halides is 3. The molecule has 0 bridgehead atoms. The van der Waals surface area contributed by atoms with Crippen molar-refractivity contribution in [3.63, 3.8) is 0 Å². The van der Waals surface area contributed by atoms with Gasteiger partial charge in [0.25, 0.3) is 5.69 Å². The number of rotatable bonds is 5. The van der Waals surface area contributed by atoms with Crippen molar-refractivity contribution in [3.8, 4) is 0 Å². The second kappa shape index (κ2) is 7.12. The van der Waals surface area contributed by atoms with Gasteiger partial charge in [-0.3, -0.25) is 14.4 Å². The molecule has 11 heteroatoms. The van der Waals surface area contributed by atoms with Crippen LogP contribution in [0.4, 0.5) is 18.9 Å². The largest absolute Gasteiger partial charge is 0.437 e. The molecule has 0 fully saturated rings. The third-order valence-corrected chi connectivity index (χ3v) is 4.26. The van der Waals surface area contributed by atoms with Gasteiger partial charge in [0.05, 0.1) is 4.92 Å². The molecule has 0 amide bonds. The highest BCUT2D eigenvalue weighted by molar-refractivity contribution is 7.86. The summed E-state index contributed by atoms with van der Waals surface area (Å²) < 4.78 is 67.7. The Morgan fingerprint density at radius 2 is 1.77 bits per heavy atom. The average Bonchev–Trinajstić information content (AvgIpc) is 2.54. The Morgan fingerprint density at radius 3 is 2.31 bits per heavy atom. The molecule has 2 aromatic rings. The van der Waals surface area contributed by atoms with Crippen molar-refractivity contribution >= 4 is 21.5 Å². The minimum Gasteiger partial charge on any atom is -0.264 e. The number of hydrogen-bond donors (Lipinski definition) is 0. The van der Waals surface area contributed by atoms with Crippen LogP contribution in [-0.4, -0.2) is 25.2 Å². The lowest BCUT2D eigenvalue weighted by atomic mass is 10.1.